The van der Waals surface area contributed by atoms with Gasteiger partial charge in [0.25, 0.3) is 0 Å². The summed E-state index contributed by atoms with van der Waals surface area (Å²) < 4.78 is 26.4. The molecule has 1 unspecified atom stereocenters. The van der Waals surface area contributed by atoms with Crippen LogP contribution in [-0.2, 0) is 11.0 Å². The Hall–Kier alpha value is -1.10. The molecule has 1 aromatic rings. The van der Waals surface area contributed by atoms with Crippen LogP contribution < -0.4 is 10.5 Å². The maximum Gasteiger partial charge on any atom is 0.127 e. The van der Waals surface area contributed by atoms with Crippen molar-refractivity contribution in [2.75, 3.05) is 16.2 Å². The number of halogens is 1. The summed E-state index contributed by atoms with van der Waals surface area (Å²) in [5.74, 6) is 0.0340. The molecule has 0 aromatic heterocycles. The normalized spacial score (nSPS) is 12.5. The van der Waals surface area contributed by atoms with Gasteiger partial charge in [-0.2, -0.15) is 0 Å². The van der Waals surface area contributed by atoms with E-state index in [0.717, 1.165) is 0 Å². The summed E-state index contributed by atoms with van der Waals surface area (Å²) in [4.78, 5) is 0. The van der Waals surface area contributed by atoms with Gasteiger partial charge in [0.05, 0.1) is 5.69 Å². The first-order chi connectivity index (χ1) is 6.11. The molecule has 13 heavy (non-hydrogen) atoms. The van der Waals surface area contributed by atoms with Crippen LogP contribution in [0.25, 0.3) is 0 Å². The van der Waals surface area contributed by atoms with Crippen molar-refractivity contribution in [1.29, 1.82) is 0 Å². The number of nitrogens with one attached hydrogen (secondary N) is 1. The van der Waals surface area contributed by atoms with Gasteiger partial charge in [0, 0.05) is 11.4 Å². The van der Waals surface area contributed by atoms with Crippen molar-refractivity contribution >= 4 is 22.4 Å². The van der Waals surface area contributed by atoms with Crippen molar-refractivity contribution < 1.29 is 8.60 Å². The molecule has 3 N–H and O–H groups in total. The predicted molar refractivity (Wildman–Crippen MR) is 53.1 cm³/mol. The van der Waals surface area contributed by atoms with E-state index >= 15 is 0 Å². The van der Waals surface area contributed by atoms with E-state index in [2.05, 4.69) is 4.72 Å². The van der Waals surface area contributed by atoms with Crippen LogP contribution in [-0.4, -0.2) is 9.96 Å². The average molecular weight is 202 g/mol. The highest BCUT2D eigenvalue weighted by molar-refractivity contribution is 7.86. The number of benzene rings is 1. The highest BCUT2D eigenvalue weighted by Crippen LogP contribution is 2.15. The van der Waals surface area contributed by atoms with E-state index in [-0.39, 0.29) is 0 Å². The molecule has 72 valence electrons. The molecule has 0 heterocycles. The Morgan fingerprint density at radius 3 is 2.77 bits per heavy atom. The fourth-order valence-corrected chi connectivity index (χ4v) is 1.40. The Bertz CT molecular complexity index is 310. The molecule has 0 aliphatic carbocycles. The molecule has 3 nitrogen and oxygen atoms in total. The van der Waals surface area contributed by atoms with Crippen molar-refractivity contribution in [3.63, 3.8) is 0 Å². The second-order valence-corrected chi connectivity index (χ2v) is 3.98. The van der Waals surface area contributed by atoms with Crippen molar-refractivity contribution in [3.8, 4) is 0 Å². The molecular weight excluding hydrogens is 191 g/mol. The summed E-state index contributed by atoms with van der Waals surface area (Å²) in [6.45, 7) is 1.77. The number of nitrogens with two attached hydrogens (primary N) is 1. The molecule has 0 amide bonds. The van der Waals surface area contributed by atoms with Crippen LogP contribution in [0.4, 0.5) is 15.8 Å². The molecule has 0 fully saturated rings. The zero-order valence-electron chi connectivity index (χ0n) is 7.21. The lowest BCUT2D eigenvalue weighted by Crippen LogP contribution is -2.06. The zero-order valence-corrected chi connectivity index (χ0v) is 8.03. The fourth-order valence-electron chi connectivity index (χ4n) is 0.875. The smallest absolute Gasteiger partial charge is 0.127 e. The topological polar surface area (TPSA) is 55.1 Å². The number of nitrogen functional groups attached to an aromatic ring is 1. The molecule has 1 aromatic carbocycles. The molecule has 0 aliphatic rings. The van der Waals surface area contributed by atoms with E-state index in [9.17, 15) is 8.60 Å². The summed E-state index contributed by atoms with van der Waals surface area (Å²) in [5, 5.41) is 0. The third kappa shape index (κ3) is 3.02. The summed E-state index contributed by atoms with van der Waals surface area (Å²) in [6, 6.07) is 4.00. The van der Waals surface area contributed by atoms with Crippen molar-refractivity contribution in [2.24, 2.45) is 0 Å². The van der Waals surface area contributed by atoms with E-state index < -0.39 is 16.8 Å². The Balaban J connectivity index is 2.83. The molecule has 1 atom stereocenters. The van der Waals surface area contributed by atoms with Gasteiger partial charge in [0.2, 0.25) is 0 Å². The lowest BCUT2D eigenvalue weighted by Gasteiger charge is -2.04. The van der Waals surface area contributed by atoms with Crippen molar-refractivity contribution in [3.05, 3.63) is 24.0 Å². The van der Waals surface area contributed by atoms with Crippen LogP contribution >= 0.6 is 0 Å². The van der Waals surface area contributed by atoms with Crippen molar-refractivity contribution in [2.45, 2.75) is 6.92 Å². The summed E-state index contributed by atoms with van der Waals surface area (Å²) >= 11 is 0. The van der Waals surface area contributed by atoms with Crippen LogP contribution in [0, 0.1) is 5.82 Å². The van der Waals surface area contributed by atoms with E-state index in [0.29, 0.717) is 17.1 Å². The van der Waals surface area contributed by atoms with Crippen LogP contribution in [0.5, 0.6) is 0 Å². The minimum atomic E-state index is -1.17. The minimum Gasteiger partial charge on any atom is -0.399 e. The van der Waals surface area contributed by atoms with Crippen molar-refractivity contribution in [1.82, 2.24) is 0 Å². The van der Waals surface area contributed by atoms with Crippen LogP contribution in [0.15, 0.2) is 18.2 Å². The largest absolute Gasteiger partial charge is 0.399 e. The Morgan fingerprint density at radius 2 is 2.23 bits per heavy atom. The summed E-state index contributed by atoms with van der Waals surface area (Å²) in [7, 11) is -1.17. The quantitative estimate of drug-likeness (QED) is 0.730. The van der Waals surface area contributed by atoms with Crippen LogP contribution in [0.2, 0.25) is 0 Å². The molecule has 0 spiro atoms. The van der Waals surface area contributed by atoms with Gasteiger partial charge in [-0.05, 0) is 18.2 Å². The van der Waals surface area contributed by atoms with Gasteiger partial charge in [0.15, 0.2) is 0 Å². The minimum absolute atomic E-state index is 0.315. The maximum atomic E-state index is 12.8. The SMILES string of the molecule is CCS(=O)Nc1cc(N)cc(F)c1. The third-order valence-electron chi connectivity index (χ3n) is 1.41. The molecule has 0 radical (unpaired) electrons. The van der Waals surface area contributed by atoms with Crippen LogP contribution in [0.1, 0.15) is 6.92 Å². The van der Waals surface area contributed by atoms with Gasteiger partial charge in [0.1, 0.15) is 16.8 Å². The maximum absolute atomic E-state index is 12.8. The molecule has 1 rings (SSSR count). The first-order valence-electron chi connectivity index (χ1n) is 3.83. The highest BCUT2D eigenvalue weighted by Gasteiger charge is 2.00. The Labute approximate surface area is 78.7 Å². The van der Waals surface area contributed by atoms with Gasteiger partial charge in [-0.25, -0.2) is 8.60 Å². The zero-order chi connectivity index (χ0) is 9.84. The molecule has 0 saturated carbocycles. The third-order valence-corrected chi connectivity index (χ3v) is 2.40. The lowest BCUT2D eigenvalue weighted by molar-refractivity contribution is 0.629. The number of anilines is 2. The lowest BCUT2D eigenvalue weighted by atomic mass is 10.3. The first-order valence-corrected chi connectivity index (χ1v) is 5.15. The Kier molecular flexibility index (Phi) is 3.25. The van der Waals surface area contributed by atoms with Gasteiger partial charge in [-0.15, -0.1) is 0 Å². The molecule has 0 bridgehead atoms. The monoisotopic (exact) mass is 202 g/mol. The van der Waals surface area contributed by atoms with Gasteiger partial charge in [-0.3, -0.25) is 0 Å². The van der Waals surface area contributed by atoms with Gasteiger partial charge < -0.3 is 10.5 Å². The molecular formula is C8H11FN2OS. The van der Waals surface area contributed by atoms with E-state index in [1.807, 2.05) is 0 Å². The standard InChI is InChI=1S/C8H11FN2OS/c1-2-13(12)11-8-4-6(9)3-7(10)5-8/h3-5,11H,2,10H2,1H3. The van der Waals surface area contributed by atoms with Gasteiger partial charge in [-0.1, -0.05) is 6.92 Å². The summed E-state index contributed by atoms with van der Waals surface area (Å²) in [5.41, 5.74) is 6.16. The highest BCUT2D eigenvalue weighted by atomic mass is 32.2. The average Bonchev–Trinajstić information content (AvgIpc) is 2.02. The summed E-state index contributed by atoms with van der Waals surface area (Å²) in [6.07, 6.45) is 0. The Morgan fingerprint density at radius 1 is 1.54 bits per heavy atom. The molecule has 5 heteroatoms. The van der Waals surface area contributed by atoms with Crippen LogP contribution in [0.3, 0.4) is 0 Å². The number of rotatable bonds is 3. The first kappa shape index (κ1) is 9.98. The second kappa shape index (κ2) is 4.23. The second-order valence-electron chi connectivity index (χ2n) is 2.51. The van der Waals surface area contributed by atoms with E-state index in [4.69, 9.17) is 5.73 Å². The molecule has 0 aliphatic heterocycles. The van der Waals surface area contributed by atoms with Gasteiger partial charge >= 0.3 is 0 Å². The van der Waals surface area contributed by atoms with E-state index in [1.54, 1.807) is 6.92 Å². The fraction of sp³-hybridized carbons (Fsp3) is 0.250. The molecule has 0 saturated heterocycles. The van der Waals surface area contributed by atoms with E-state index in [1.165, 1.54) is 18.2 Å². The predicted octanol–water partition coefficient (Wildman–Crippen LogP) is 1.50. The number of hydrogen-bond donors (Lipinski definition) is 2. The number of hydrogen-bond acceptors (Lipinski definition) is 2.